The molecule has 0 aliphatic rings. The van der Waals surface area contributed by atoms with Gasteiger partial charge >= 0.3 is 12.4 Å². The van der Waals surface area contributed by atoms with E-state index in [0.717, 1.165) is 18.3 Å². The molecule has 182 valence electrons. The summed E-state index contributed by atoms with van der Waals surface area (Å²) in [5.41, 5.74) is 1.26. The van der Waals surface area contributed by atoms with Gasteiger partial charge in [0.05, 0.1) is 24.0 Å². The summed E-state index contributed by atoms with van der Waals surface area (Å²) < 4.78 is 91.4. The third kappa shape index (κ3) is 5.73. The van der Waals surface area contributed by atoms with E-state index in [1.165, 1.54) is 41.1 Å². The second-order valence-electron chi connectivity index (χ2n) is 7.44. The number of amides is 1. The monoisotopic (exact) mass is 497 g/mol. The molecule has 0 fully saturated rings. The molecule has 1 N–H and O–H groups in total. The molecule has 0 aliphatic heterocycles. The highest BCUT2D eigenvalue weighted by molar-refractivity contribution is 5.91. The van der Waals surface area contributed by atoms with Crippen molar-refractivity contribution in [1.29, 1.82) is 0 Å². The molecule has 3 heterocycles. The zero-order valence-corrected chi connectivity index (χ0v) is 17.5. The van der Waals surface area contributed by atoms with E-state index in [1.807, 2.05) is 0 Å². The van der Waals surface area contributed by atoms with Crippen LogP contribution in [0.3, 0.4) is 0 Å². The molecule has 4 rings (SSSR count). The number of hydrogen-bond acceptors (Lipinski definition) is 4. The number of halogens is 7. The van der Waals surface area contributed by atoms with Crippen LogP contribution in [0.5, 0.6) is 0 Å². The van der Waals surface area contributed by atoms with E-state index < -0.39 is 42.7 Å². The van der Waals surface area contributed by atoms with E-state index in [4.69, 9.17) is 0 Å². The minimum atomic E-state index is -4.71. The largest absolute Gasteiger partial charge is 0.451 e. The Morgan fingerprint density at radius 2 is 1.74 bits per heavy atom. The van der Waals surface area contributed by atoms with Crippen LogP contribution in [-0.4, -0.2) is 31.4 Å². The van der Waals surface area contributed by atoms with E-state index >= 15 is 0 Å². The van der Waals surface area contributed by atoms with E-state index in [9.17, 15) is 35.5 Å². The summed E-state index contributed by atoms with van der Waals surface area (Å²) in [6, 6.07) is 7.74. The summed E-state index contributed by atoms with van der Waals surface area (Å²) in [5, 5.41) is 2.24. The summed E-state index contributed by atoms with van der Waals surface area (Å²) in [7, 11) is 0. The predicted molar refractivity (Wildman–Crippen MR) is 111 cm³/mol. The van der Waals surface area contributed by atoms with Crippen molar-refractivity contribution in [3.05, 3.63) is 66.6 Å². The number of imidazole rings is 1. The van der Waals surface area contributed by atoms with Gasteiger partial charge in [-0.25, -0.2) is 19.3 Å². The SMILES string of the molecule is O=C(CCC(F)(F)F)Nc1cc(F)cc(-c2cnc3cc(-c4ccnc(C(F)(F)F)n4)ccn23)c1. The van der Waals surface area contributed by atoms with Gasteiger partial charge in [0.25, 0.3) is 0 Å². The molecular weight excluding hydrogens is 483 g/mol. The van der Waals surface area contributed by atoms with Crippen molar-refractivity contribution in [3.8, 4) is 22.5 Å². The average molecular weight is 497 g/mol. The second kappa shape index (κ2) is 8.96. The van der Waals surface area contributed by atoms with Crippen molar-refractivity contribution >= 4 is 17.2 Å². The van der Waals surface area contributed by atoms with Crippen LogP contribution in [-0.2, 0) is 11.0 Å². The number of carbonyl (C=O) groups excluding carboxylic acids is 1. The smallest absolute Gasteiger partial charge is 0.326 e. The maximum atomic E-state index is 14.2. The Morgan fingerprint density at radius 1 is 0.971 bits per heavy atom. The first-order valence-electron chi connectivity index (χ1n) is 9.94. The molecular formula is C22H14F7N5O. The molecule has 0 saturated heterocycles. The number of nitrogens with one attached hydrogen (secondary N) is 1. The van der Waals surface area contributed by atoms with Crippen molar-refractivity contribution in [2.45, 2.75) is 25.2 Å². The Morgan fingerprint density at radius 3 is 2.46 bits per heavy atom. The fraction of sp³-hybridized carbons (Fsp3) is 0.182. The minimum absolute atomic E-state index is 0.0222. The van der Waals surface area contributed by atoms with Crippen LogP contribution in [0.1, 0.15) is 18.7 Å². The van der Waals surface area contributed by atoms with Crippen LogP contribution in [0.15, 0.2) is 55.0 Å². The average Bonchev–Trinajstić information content (AvgIpc) is 3.20. The number of alkyl halides is 6. The van der Waals surface area contributed by atoms with Crippen LogP contribution in [0.4, 0.5) is 36.4 Å². The molecule has 0 unspecified atom stereocenters. The quantitative estimate of drug-likeness (QED) is 0.349. The molecule has 6 nitrogen and oxygen atoms in total. The zero-order valence-electron chi connectivity index (χ0n) is 17.5. The van der Waals surface area contributed by atoms with E-state index in [2.05, 4.69) is 20.3 Å². The molecule has 0 radical (unpaired) electrons. The van der Waals surface area contributed by atoms with Crippen molar-refractivity contribution in [2.24, 2.45) is 0 Å². The van der Waals surface area contributed by atoms with Crippen LogP contribution >= 0.6 is 0 Å². The maximum Gasteiger partial charge on any atom is 0.451 e. The Labute approximate surface area is 192 Å². The van der Waals surface area contributed by atoms with Crippen molar-refractivity contribution < 1.29 is 35.5 Å². The highest BCUT2D eigenvalue weighted by Crippen LogP contribution is 2.30. The Kier molecular flexibility index (Phi) is 6.17. The summed E-state index contributed by atoms with van der Waals surface area (Å²) >= 11 is 0. The van der Waals surface area contributed by atoms with Gasteiger partial charge in [-0.15, -0.1) is 0 Å². The van der Waals surface area contributed by atoms with E-state index in [-0.39, 0.29) is 16.9 Å². The van der Waals surface area contributed by atoms with E-state index in [0.29, 0.717) is 16.9 Å². The Balaban J connectivity index is 1.62. The van der Waals surface area contributed by atoms with Gasteiger partial charge in [0, 0.05) is 35.6 Å². The number of benzene rings is 1. The Bertz CT molecular complexity index is 1400. The third-order valence-corrected chi connectivity index (χ3v) is 4.83. The molecule has 1 amide bonds. The first-order valence-corrected chi connectivity index (χ1v) is 9.94. The zero-order chi connectivity index (χ0) is 25.4. The van der Waals surface area contributed by atoms with Crippen LogP contribution in [0.25, 0.3) is 28.2 Å². The second-order valence-corrected chi connectivity index (χ2v) is 7.44. The van der Waals surface area contributed by atoms with Crippen LogP contribution < -0.4 is 5.32 Å². The highest BCUT2D eigenvalue weighted by Gasteiger charge is 2.34. The summed E-state index contributed by atoms with van der Waals surface area (Å²) in [6.07, 6.45) is -7.47. The molecule has 3 aromatic heterocycles. The number of pyridine rings is 1. The minimum Gasteiger partial charge on any atom is -0.326 e. The van der Waals surface area contributed by atoms with E-state index in [1.54, 1.807) is 0 Å². The lowest BCUT2D eigenvalue weighted by Gasteiger charge is -2.10. The lowest BCUT2D eigenvalue weighted by atomic mass is 10.1. The number of anilines is 1. The summed E-state index contributed by atoms with van der Waals surface area (Å²) in [4.78, 5) is 22.8. The fourth-order valence-electron chi connectivity index (χ4n) is 3.30. The lowest BCUT2D eigenvalue weighted by Crippen LogP contribution is -2.16. The van der Waals surface area contributed by atoms with Gasteiger partial charge in [0.15, 0.2) is 0 Å². The number of carbonyl (C=O) groups is 1. The maximum absolute atomic E-state index is 14.2. The number of rotatable bonds is 5. The fourth-order valence-corrected chi connectivity index (χ4v) is 3.30. The molecule has 4 aromatic rings. The van der Waals surface area contributed by atoms with Crippen molar-refractivity contribution in [1.82, 2.24) is 19.4 Å². The Hall–Kier alpha value is -4.03. The third-order valence-electron chi connectivity index (χ3n) is 4.83. The first kappa shape index (κ1) is 24.1. The topological polar surface area (TPSA) is 72.2 Å². The number of fused-ring (bicyclic) bond motifs is 1. The molecule has 0 atom stereocenters. The van der Waals surface area contributed by atoms with Crippen LogP contribution in [0, 0.1) is 5.82 Å². The van der Waals surface area contributed by atoms with Crippen LogP contribution in [0.2, 0.25) is 0 Å². The molecule has 1 aromatic carbocycles. The van der Waals surface area contributed by atoms with Gasteiger partial charge < -0.3 is 5.32 Å². The predicted octanol–water partition coefficient (Wildman–Crippen LogP) is 5.90. The van der Waals surface area contributed by atoms with Gasteiger partial charge in [-0.05, 0) is 36.4 Å². The normalized spacial score (nSPS) is 12.2. The number of hydrogen-bond donors (Lipinski definition) is 1. The molecule has 13 heteroatoms. The molecule has 35 heavy (non-hydrogen) atoms. The first-order chi connectivity index (χ1) is 16.4. The lowest BCUT2D eigenvalue weighted by molar-refractivity contribution is -0.144. The van der Waals surface area contributed by atoms with Gasteiger partial charge in [-0.1, -0.05) is 0 Å². The number of aromatic nitrogens is 4. The number of nitrogens with zero attached hydrogens (tertiary/aromatic N) is 4. The molecule has 0 saturated carbocycles. The molecule has 0 bridgehead atoms. The van der Waals surface area contributed by atoms with Gasteiger partial charge in [-0.3, -0.25) is 9.20 Å². The molecule has 0 aliphatic carbocycles. The summed E-state index contributed by atoms with van der Waals surface area (Å²) in [5.74, 6) is -2.96. The van der Waals surface area contributed by atoms with Gasteiger partial charge in [0.1, 0.15) is 11.5 Å². The summed E-state index contributed by atoms with van der Waals surface area (Å²) in [6.45, 7) is 0. The van der Waals surface area contributed by atoms with Crippen molar-refractivity contribution in [3.63, 3.8) is 0 Å². The van der Waals surface area contributed by atoms with Gasteiger partial charge in [-0.2, -0.15) is 26.3 Å². The standard InChI is InChI=1S/C22H14F7N5O/c23-14-7-13(8-15(10-14)32-19(35)1-4-21(24,25)26)17-11-31-18-9-12(3-6-34(17)18)16-2-5-30-20(33-16)22(27,28)29/h2-3,5-11H,1,4H2,(H,32,35). The van der Waals surface area contributed by atoms with Crippen molar-refractivity contribution in [2.75, 3.05) is 5.32 Å². The van der Waals surface area contributed by atoms with Gasteiger partial charge in [0.2, 0.25) is 11.7 Å². The molecule has 0 spiro atoms. The highest BCUT2D eigenvalue weighted by atomic mass is 19.4.